The van der Waals surface area contributed by atoms with Crippen LogP contribution in [0.1, 0.15) is 46.0 Å². The van der Waals surface area contributed by atoms with Crippen LogP contribution < -0.4 is 0 Å². The summed E-state index contributed by atoms with van der Waals surface area (Å²) in [5.74, 6) is 0.774. The minimum absolute atomic E-state index is 0.774. The molecule has 0 N–H and O–H groups in total. The van der Waals surface area contributed by atoms with Gasteiger partial charge < -0.3 is 0 Å². The minimum atomic E-state index is 0.774. The van der Waals surface area contributed by atoms with Crippen LogP contribution >= 0.6 is 0 Å². The normalized spacial score (nSPS) is 35.3. The Morgan fingerprint density at radius 3 is 2.86 bits per heavy atom. The zero-order valence-corrected chi connectivity index (χ0v) is 9.34. The Morgan fingerprint density at radius 1 is 1.21 bits per heavy atom. The van der Waals surface area contributed by atoms with Crippen LogP contribution in [0.2, 0.25) is 0 Å². The molecule has 1 saturated carbocycles. The van der Waals surface area contributed by atoms with Crippen molar-refractivity contribution in [1.29, 1.82) is 0 Å². The van der Waals surface area contributed by atoms with Crippen LogP contribution in [0.4, 0.5) is 0 Å². The van der Waals surface area contributed by atoms with E-state index in [-0.39, 0.29) is 0 Å². The molecule has 0 saturated heterocycles. The second kappa shape index (κ2) is 4.16. The van der Waals surface area contributed by atoms with Crippen molar-refractivity contribution in [3.63, 3.8) is 0 Å². The summed E-state index contributed by atoms with van der Waals surface area (Å²) in [5.41, 5.74) is 4.71. The lowest BCUT2D eigenvalue weighted by molar-refractivity contribution is 0.537. The minimum Gasteiger partial charge on any atom is -0.0813 e. The average Bonchev–Trinajstić information content (AvgIpc) is 2.14. The zero-order valence-electron chi connectivity index (χ0n) is 9.34. The number of allylic oxidation sites excluding steroid dienone is 6. The van der Waals surface area contributed by atoms with Crippen LogP contribution in [0.3, 0.4) is 0 Å². The molecule has 0 spiro atoms. The van der Waals surface area contributed by atoms with Crippen molar-refractivity contribution < 1.29 is 0 Å². The van der Waals surface area contributed by atoms with Crippen LogP contribution in [0.15, 0.2) is 34.9 Å². The Bertz CT molecular complexity index is 302. The Balaban J connectivity index is 2.34. The van der Waals surface area contributed by atoms with E-state index in [1.54, 1.807) is 11.1 Å². The topological polar surface area (TPSA) is 0 Å². The highest BCUT2D eigenvalue weighted by molar-refractivity contribution is 5.40. The van der Waals surface area contributed by atoms with Gasteiger partial charge in [-0.05, 0) is 56.1 Å². The summed E-state index contributed by atoms with van der Waals surface area (Å²) in [6.07, 6.45) is 13.7. The Hall–Kier alpha value is -0.780. The molecule has 1 atom stereocenters. The predicted octanol–water partition coefficient (Wildman–Crippen LogP) is 4.40. The maximum absolute atomic E-state index is 2.46. The maximum Gasteiger partial charge on any atom is -0.0188 e. The number of hydrogen-bond donors (Lipinski definition) is 0. The van der Waals surface area contributed by atoms with E-state index in [0.29, 0.717) is 0 Å². The van der Waals surface area contributed by atoms with Gasteiger partial charge in [0.25, 0.3) is 0 Å². The quantitative estimate of drug-likeness (QED) is 0.528. The molecule has 0 bridgehead atoms. The smallest absolute Gasteiger partial charge is 0.0188 e. The van der Waals surface area contributed by atoms with E-state index >= 15 is 0 Å². The molecule has 0 heteroatoms. The molecule has 0 heterocycles. The molecule has 0 aromatic rings. The molecule has 0 aromatic carbocycles. The van der Waals surface area contributed by atoms with Crippen molar-refractivity contribution in [2.24, 2.45) is 5.92 Å². The van der Waals surface area contributed by atoms with Gasteiger partial charge in [-0.2, -0.15) is 0 Å². The maximum atomic E-state index is 2.46. The largest absolute Gasteiger partial charge is 0.0813 e. The van der Waals surface area contributed by atoms with E-state index in [0.717, 1.165) is 5.92 Å². The van der Waals surface area contributed by atoms with Gasteiger partial charge in [0.2, 0.25) is 0 Å². The van der Waals surface area contributed by atoms with Crippen LogP contribution in [-0.2, 0) is 0 Å². The fraction of sp³-hybridized carbons (Fsp3) is 0.571. The van der Waals surface area contributed by atoms with Crippen molar-refractivity contribution in [3.8, 4) is 0 Å². The molecule has 0 radical (unpaired) electrons. The first-order chi connectivity index (χ1) is 6.77. The monoisotopic (exact) mass is 188 g/mol. The summed E-state index contributed by atoms with van der Waals surface area (Å²) in [5, 5.41) is 0. The molecule has 0 aliphatic heterocycles. The third kappa shape index (κ3) is 2.00. The third-order valence-corrected chi connectivity index (χ3v) is 3.39. The standard InChI is InChI=1S/C14H20/c1-11-6-3-4-8-13-9-5-7-12(2)14(13)10-11/h6,8,10,12H,3-5,7,9H2,1-2H3/b11-6?,13-8-,14-10-. The van der Waals surface area contributed by atoms with Crippen molar-refractivity contribution >= 4 is 0 Å². The lowest BCUT2D eigenvalue weighted by atomic mass is 9.79. The summed E-state index contributed by atoms with van der Waals surface area (Å²) in [6, 6.07) is 0. The third-order valence-electron chi connectivity index (χ3n) is 3.39. The van der Waals surface area contributed by atoms with E-state index in [9.17, 15) is 0 Å². The Kier molecular flexibility index (Phi) is 2.90. The van der Waals surface area contributed by atoms with Gasteiger partial charge in [0.1, 0.15) is 0 Å². The van der Waals surface area contributed by atoms with Gasteiger partial charge in [-0.1, -0.05) is 30.7 Å². The van der Waals surface area contributed by atoms with Gasteiger partial charge in [-0.3, -0.25) is 0 Å². The second-order valence-electron chi connectivity index (χ2n) is 4.65. The van der Waals surface area contributed by atoms with E-state index < -0.39 is 0 Å². The Morgan fingerprint density at radius 2 is 2.00 bits per heavy atom. The van der Waals surface area contributed by atoms with Gasteiger partial charge in [-0.15, -0.1) is 0 Å². The molecule has 2 rings (SSSR count). The van der Waals surface area contributed by atoms with Gasteiger partial charge in [0, 0.05) is 0 Å². The molecule has 76 valence electrons. The highest BCUT2D eigenvalue weighted by Crippen LogP contribution is 2.35. The van der Waals surface area contributed by atoms with Crippen LogP contribution in [0.25, 0.3) is 0 Å². The molecule has 0 amide bonds. The molecular weight excluding hydrogens is 168 g/mol. The van der Waals surface area contributed by atoms with E-state index in [1.807, 2.05) is 0 Å². The summed E-state index contributed by atoms with van der Waals surface area (Å²) in [7, 11) is 0. The van der Waals surface area contributed by atoms with Gasteiger partial charge in [-0.25, -0.2) is 0 Å². The first-order valence-corrected chi connectivity index (χ1v) is 5.85. The summed E-state index contributed by atoms with van der Waals surface area (Å²) in [6.45, 7) is 4.60. The lowest BCUT2D eigenvalue weighted by Gasteiger charge is -2.26. The van der Waals surface area contributed by atoms with Gasteiger partial charge in [0.05, 0.1) is 0 Å². The fourth-order valence-electron chi connectivity index (χ4n) is 2.54. The number of fused-ring (bicyclic) bond motifs is 1. The van der Waals surface area contributed by atoms with Crippen LogP contribution in [0, 0.1) is 5.92 Å². The average molecular weight is 188 g/mol. The van der Waals surface area contributed by atoms with E-state index in [1.165, 1.54) is 37.7 Å². The van der Waals surface area contributed by atoms with Crippen LogP contribution in [-0.4, -0.2) is 0 Å². The summed E-state index contributed by atoms with van der Waals surface area (Å²) in [4.78, 5) is 0. The second-order valence-corrected chi connectivity index (χ2v) is 4.65. The number of rotatable bonds is 0. The SMILES string of the molecule is CC1=CCC/C=C2/CCCC(C)/C2=C/1. The molecule has 1 fully saturated rings. The predicted molar refractivity (Wildman–Crippen MR) is 62.2 cm³/mol. The van der Waals surface area contributed by atoms with Crippen LogP contribution in [0.5, 0.6) is 0 Å². The molecule has 2 aliphatic carbocycles. The van der Waals surface area contributed by atoms with Gasteiger partial charge in [0.15, 0.2) is 0 Å². The molecule has 1 unspecified atom stereocenters. The van der Waals surface area contributed by atoms with E-state index in [4.69, 9.17) is 0 Å². The first kappa shape index (κ1) is 9.76. The Labute approximate surface area is 87.4 Å². The zero-order chi connectivity index (χ0) is 9.97. The summed E-state index contributed by atoms with van der Waals surface area (Å²) < 4.78 is 0. The molecule has 0 aromatic heterocycles. The molecular formula is C14H20. The molecule has 14 heavy (non-hydrogen) atoms. The lowest BCUT2D eigenvalue weighted by Crippen LogP contribution is -2.10. The van der Waals surface area contributed by atoms with Gasteiger partial charge >= 0.3 is 0 Å². The van der Waals surface area contributed by atoms with Crippen molar-refractivity contribution in [1.82, 2.24) is 0 Å². The molecule has 0 nitrogen and oxygen atoms in total. The highest BCUT2D eigenvalue weighted by Gasteiger charge is 2.18. The van der Waals surface area contributed by atoms with Crippen molar-refractivity contribution in [3.05, 3.63) is 34.9 Å². The highest BCUT2D eigenvalue weighted by atomic mass is 14.2. The number of hydrogen-bond acceptors (Lipinski definition) is 0. The van der Waals surface area contributed by atoms with Crippen molar-refractivity contribution in [2.75, 3.05) is 0 Å². The van der Waals surface area contributed by atoms with Crippen molar-refractivity contribution in [2.45, 2.75) is 46.0 Å². The fourth-order valence-corrected chi connectivity index (χ4v) is 2.54. The summed E-state index contributed by atoms with van der Waals surface area (Å²) >= 11 is 0. The first-order valence-electron chi connectivity index (χ1n) is 5.85. The van der Waals surface area contributed by atoms with E-state index in [2.05, 4.69) is 32.1 Å². The molecule has 2 aliphatic rings.